The molecule has 0 spiro atoms. The lowest BCUT2D eigenvalue weighted by atomic mass is 10.1. The highest BCUT2D eigenvalue weighted by Crippen LogP contribution is 2.34. The summed E-state index contributed by atoms with van der Waals surface area (Å²) in [5.41, 5.74) is 2.93. The van der Waals surface area contributed by atoms with Gasteiger partial charge in [-0.15, -0.1) is 0 Å². The van der Waals surface area contributed by atoms with Crippen LogP contribution >= 0.6 is 12.2 Å². The molecule has 126 valence electrons. The molecule has 1 rings (SSSR count). The van der Waals surface area contributed by atoms with E-state index in [1.165, 1.54) is 18.3 Å². The van der Waals surface area contributed by atoms with Crippen molar-refractivity contribution < 1.29 is 14.4 Å². The number of ether oxygens (including phenoxy) is 2. The number of benzene rings is 1. The van der Waals surface area contributed by atoms with Crippen molar-refractivity contribution in [2.45, 2.75) is 20.8 Å². The third-order valence-corrected chi connectivity index (χ3v) is 2.83. The van der Waals surface area contributed by atoms with E-state index < -0.39 is 4.92 Å². The van der Waals surface area contributed by atoms with Crippen molar-refractivity contribution in [2.24, 2.45) is 5.10 Å². The predicted molar refractivity (Wildman–Crippen MR) is 92.4 cm³/mol. The first-order valence-corrected chi connectivity index (χ1v) is 7.59. The number of hydrazone groups is 1. The summed E-state index contributed by atoms with van der Waals surface area (Å²) in [6, 6.07) is 2.85. The summed E-state index contributed by atoms with van der Waals surface area (Å²) in [6.07, 6.45) is 1.41. The predicted octanol–water partition coefficient (Wildman–Crippen LogP) is 2.21. The van der Waals surface area contributed by atoms with Crippen molar-refractivity contribution in [3.63, 3.8) is 0 Å². The maximum absolute atomic E-state index is 11.2. The highest BCUT2D eigenvalue weighted by Gasteiger charge is 2.19. The number of nitro benzene ring substituents is 1. The van der Waals surface area contributed by atoms with Gasteiger partial charge in [-0.25, -0.2) is 0 Å². The number of hydrogen-bond donors (Lipinski definition) is 2. The third kappa shape index (κ3) is 5.70. The first kappa shape index (κ1) is 18.6. The average Bonchev–Trinajstić information content (AvgIpc) is 2.49. The zero-order valence-electron chi connectivity index (χ0n) is 13.3. The lowest BCUT2D eigenvalue weighted by Crippen LogP contribution is -2.31. The van der Waals surface area contributed by atoms with E-state index in [4.69, 9.17) is 21.7 Å². The van der Waals surface area contributed by atoms with Crippen molar-refractivity contribution in [1.29, 1.82) is 0 Å². The quantitative estimate of drug-likeness (QED) is 0.324. The van der Waals surface area contributed by atoms with E-state index in [0.29, 0.717) is 36.2 Å². The molecule has 2 N–H and O–H groups in total. The van der Waals surface area contributed by atoms with Crippen LogP contribution in [0.2, 0.25) is 0 Å². The van der Waals surface area contributed by atoms with Gasteiger partial charge in [0.1, 0.15) is 5.75 Å². The van der Waals surface area contributed by atoms with Crippen molar-refractivity contribution >= 4 is 29.2 Å². The minimum Gasteiger partial charge on any atom is -0.493 e. The van der Waals surface area contributed by atoms with E-state index in [1.54, 1.807) is 6.92 Å². The molecule has 23 heavy (non-hydrogen) atoms. The standard InChI is InChI=1S/C14H20N4O4S/c1-4-15-14(23)17-16-9-10-7-11(18(19)20)13(22-6-3)8-12(10)21-5-2/h7-9H,4-6H2,1-3H3,(H2,15,17,23)/b16-9+. The summed E-state index contributed by atoms with van der Waals surface area (Å²) in [6.45, 7) is 6.87. The second-order valence-corrected chi connectivity index (χ2v) is 4.62. The van der Waals surface area contributed by atoms with Gasteiger partial charge in [0.05, 0.1) is 24.4 Å². The zero-order valence-corrected chi connectivity index (χ0v) is 14.1. The Balaban J connectivity index is 3.12. The maximum Gasteiger partial charge on any atom is 0.311 e. The Bertz CT molecular complexity index is 592. The third-order valence-electron chi connectivity index (χ3n) is 2.59. The molecule has 0 saturated heterocycles. The largest absolute Gasteiger partial charge is 0.493 e. The fraction of sp³-hybridized carbons (Fsp3) is 0.429. The topological polar surface area (TPSA) is 98.0 Å². The van der Waals surface area contributed by atoms with Crippen molar-refractivity contribution in [1.82, 2.24) is 10.7 Å². The molecule has 0 atom stereocenters. The van der Waals surface area contributed by atoms with Crippen LogP contribution in [0.4, 0.5) is 5.69 Å². The van der Waals surface area contributed by atoms with Gasteiger partial charge in [0.2, 0.25) is 5.75 Å². The summed E-state index contributed by atoms with van der Waals surface area (Å²) < 4.78 is 10.8. The molecule has 1 aromatic carbocycles. The Morgan fingerprint density at radius 3 is 2.52 bits per heavy atom. The summed E-state index contributed by atoms with van der Waals surface area (Å²) >= 11 is 4.98. The van der Waals surface area contributed by atoms with E-state index in [9.17, 15) is 10.1 Å². The first-order valence-electron chi connectivity index (χ1n) is 7.18. The van der Waals surface area contributed by atoms with Gasteiger partial charge in [-0.2, -0.15) is 5.10 Å². The van der Waals surface area contributed by atoms with Crippen molar-refractivity contribution in [3.05, 3.63) is 27.8 Å². The summed E-state index contributed by atoms with van der Waals surface area (Å²) in [7, 11) is 0. The van der Waals surface area contributed by atoms with E-state index in [0.717, 1.165) is 0 Å². The van der Waals surface area contributed by atoms with Gasteiger partial charge in [0, 0.05) is 24.2 Å². The number of hydrogen-bond acceptors (Lipinski definition) is 6. The number of nitrogens with one attached hydrogen (secondary N) is 2. The lowest BCUT2D eigenvalue weighted by Gasteiger charge is -2.11. The van der Waals surface area contributed by atoms with Crippen LogP contribution in [-0.4, -0.2) is 36.0 Å². The molecule has 0 fully saturated rings. The summed E-state index contributed by atoms with van der Waals surface area (Å²) in [4.78, 5) is 10.7. The van der Waals surface area contributed by atoms with Crippen LogP contribution in [0.3, 0.4) is 0 Å². The molecule has 1 aromatic rings. The van der Waals surface area contributed by atoms with Gasteiger partial charge >= 0.3 is 5.69 Å². The molecule has 0 heterocycles. The molecular formula is C14H20N4O4S. The number of nitrogens with zero attached hydrogens (tertiary/aromatic N) is 2. The number of thiocarbonyl (C=S) groups is 1. The highest BCUT2D eigenvalue weighted by atomic mass is 32.1. The van der Waals surface area contributed by atoms with E-state index in [-0.39, 0.29) is 11.4 Å². The van der Waals surface area contributed by atoms with Crippen LogP contribution in [0.5, 0.6) is 11.5 Å². The fourth-order valence-electron chi connectivity index (χ4n) is 1.72. The molecule has 9 heteroatoms. The molecule has 8 nitrogen and oxygen atoms in total. The van der Waals surface area contributed by atoms with E-state index in [2.05, 4.69) is 15.8 Å². The molecule has 0 aliphatic heterocycles. The van der Waals surface area contributed by atoms with Gasteiger partial charge in [-0.05, 0) is 33.0 Å². The Morgan fingerprint density at radius 1 is 1.30 bits per heavy atom. The SMILES string of the molecule is CCNC(=S)N/N=C/c1cc([N+](=O)[O-])c(OCC)cc1OCC. The molecule has 0 amide bonds. The normalized spacial score (nSPS) is 10.4. The first-order chi connectivity index (χ1) is 11.0. The molecular weight excluding hydrogens is 320 g/mol. The highest BCUT2D eigenvalue weighted by molar-refractivity contribution is 7.80. The molecule has 0 aromatic heterocycles. The Morgan fingerprint density at radius 2 is 1.96 bits per heavy atom. The number of nitro groups is 1. The molecule has 0 aliphatic rings. The van der Waals surface area contributed by atoms with Crippen molar-refractivity contribution in [3.8, 4) is 11.5 Å². The number of rotatable bonds is 8. The average molecular weight is 340 g/mol. The maximum atomic E-state index is 11.2. The second-order valence-electron chi connectivity index (χ2n) is 4.21. The zero-order chi connectivity index (χ0) is 17.2. The van der Waals surface area contributed by atoms with Gasteiger partial charge in [-0.3, -0.25) is 15.5 Å². The second kappa shape index (κ2) is 9.57. The monoisotopic (exact) mass is 340 g/mol. The molecule has 0 saturated carbocycles. The van der Waals surface area contributed by atoms with E-state index in [1.807, 2.05) is 13.8 Å². The molecule has 0 bridgehead atoms. The fourth-order valence-corrected chi connectivity index (χ4v) is 1.92. The Kier molecular flexibility index (Phi) is 7.75. The van der Waals surface area contributed by atoms with Crippen LogP contribution in [0.15, 0.2) is 17.2 Å². The summed E-state index contributed by atoms with van der Waals surface area (Å²) in [5.74, 6) is 0.607. The van der Waals surface area contributed by atoms with Gasteiger partial charge in [0.25, 0.3) is 0 Å². The van der Waals surface area contributed by atoms with Gasteiger partial charge < -0.3 is 14.8 Å². The lowest BCUT2D eigenvalue weighted by molar-refractivity contribution is -0.385. The van der Waals surface area contributed by atoms with Crippen LogP contribution in [0.1, 0.15) is 26.3 Å². The molecule has 0 radical (unpaired) electrons. The van der Waals surface area contributed by atoms with Crippen LogP contribution in [0.25, 0.3) is 0 Å². The van der Waals surface area contributed by atoms with Crippen molar-refractivity contribution in [2.75, 3.05) is 19.8 Å². The van der Waals surface area contributed by atoms with Gasteiger partial charge in [0.15, 0.2) is 5.11 Å². The Hall–Kier alpha value is -2.42. The smallest absolute Gasteiger partial charge is 0.311 e. The Labute approximate surface area is 140 Å². The minimum absolute atomic E-state index is 0.147. The van der Waals surface area contributed by atoms with Crippen LogP contribution < -0.4 is 20.2 Å². The minimum atomic E-state index is -0.505. The van der Waals surface area contributed by atoms with Gasteiger partial charge in [-0.1, -0.05) is 0 Å². The van der Waals surface area contributed by atoms with Crippen LogP contribution in [0, 0.1) is 10.1 Å². The molecule has 0 aliphatic carbocycles. The van der Waals surface area contributed by atoms with Crippen LogP contribution in [-0.2, 0) is 0 Å². The molecule has 0 unspecified atom stereocenters. The summed E-state index contributed by atoms with van der Waals surface area (Å²) in [5, 5.41) is 18.4. The van der Waals surface area contributed by atoms with E-state index >= 15 is 0 Å².